The molecule has 2 aliphatic heterocycles. The number of carbonyl (C=O) groups is 2. The van der Waals surface area contributed by atoms with Crippen LogP contribution >= 0.6 is 0 Å². The van der Waals surface area contributed by atoms with Gasteiger partial charge in [0.05, 0.1) is 18.4 Å². The lowest BCUT2D eigenvalue weighted by Crippen LogP contribution is -2.44. The first-order valence-electron chi connectivity index (χ1n) is 9.37. The van der Waals surface area contributed by atoms with E-state index in [1.165, 1.54) is 22.8 Å². The number of amides is 3. The van der Waals surface area contributed by atoms with E-state index in [1.54, 1.807) is 7.05 Å². The fourth-order valence-electron chi connectivity index (χ4n) is 3.52. The number of fused-ring (bicyclic) bond motifs is 4. The number of unbranched alkanes of at least 4 members (excludes halogenated alkanes) is 1. The number of hydrogen-bond donors (Lipinski definition) is 4. The molecule has 0 radical (unpaired) electrons. The second kappa shape index (κ2) is 9.04. The maximum absolute atomic E-state index is 12.8. The smallest absolute Gasteiger partial charge is 0.372 e. The van der Waals surface area contributed by atoms with Gasteiger partial charge in [0.2, 0.25) is 0 Å². The number of nitrogens with one attached hydrogen (secondary N) is 2. The largest absolute Gasteiger partial charge is 0.433 e. The SMILES string of the molecule is CN/C(=N\OC(=O)NCCCCN)C1c2c(cnn2C)C2CN1C(=O)N2OS(=O)(=O)O. The van der Waals surface area contributed by atoms with Gasteiger partial charge in [-0.1, -0.05) is 5.16 Å². The number of aromatic nitrogens is 2. The van der Waals surface area contributed by atoms with Gasteiger partial charge in [-0.15, -0.1) is 4.28 Å². The molecular formula is C15H24N8O7S. The molecule has 1 fully saturated rings. The van der Waals surface area contributed by atoms with Gasteiger partial charge in [-0.05, 0) is 19.4 Å². The highest BCUT2D eigenvalue weighted by Gasteiger charge is 2.53. The first-order valence-corrected chi connectivity index (χ1v) is 10.7. The summed E-state index contributed by atoms with van der Waals surface area (Å²) in [6.45, 7) is 0.907. The second-order valence-electron chi connectivity index (χ2n) is 6.82. The number of carbonyl (C=O) groups excluding carboxylic acids is 2. The lowest BCUT2D eigenvalue weighted by atomic mass is 9.97. The van der Waals surface area contributed by atoms with Crippen molar-refractivity contribution in [3.63, 3.8) is 0 Å². The van der Waals surface area contributed by atoms with E-state index in [9.17, 15) is 18.0 Å². The minimum Gasteiger partial charge on any atom is -0.372 e. The summed E-state index contributed by atoms with van der Waals surface area (Å²) in [5.41, 5.74) is 6.40. The Morgan fingerprint density at radius 3 is 2.84 bits per heavy atom. The fraction of sp³-hybridized carbons (Fsp3) is 0.600. The Labute approximate surface area is 178 Å². The van der Waals surface area contributed by atoms with Crippen LogP contribution in [0.25, 0.3) is 0 Å². The normalized spacial score (nSPS) is 20.6. The van der Waals surface area contributed by atoms with Crippen molar-refractivity contribution in [2.45, 2.75) is 24.9 Å². The van der Waals surface area contributed by atoms with Gasteiger partial charge >= 0.3 is 22.5 Å². The molecular weight excluding hydrogens is 436 g/mol. The van der Waals surface area contributed by atoms with Crippen molar-refractivity contribution in [1.29, 1.82) is 0 Å². The molecule has 15 nitrogen and oxygen atoms in total. The van der Waals surface area contributed by atoms with Crippen molar-refractivity contribution in [1.82, 2.24) is 30.4 Å². The predicted molar refractivity (Wildman–Crippen MR) is 105 cm³/mol. The lowest BCUT2D eigenvalue weighted by Gasteiger charge is -2.31. The van der Waals surface area contributed by atoms with E-state index < -0.39 is 34.6 Å². The Hall–Kier alpha value is -2.95. The zero-order valence-corrected chi connectivity index (χ0v) is 17.7. The molecule has 31 heavy (non-hydrogen) atoms. The van der Waals surface area contributed by atoms with Crippen LogP contribution in [0.15, 0.2) is 11.4 Å². The highest BCUT2D eigenvalue weighted by atomic mass is 32.3. The fourth-order valence-corrected chi connectivity index (χ4v) is 3.89. The number of oxime groups is 1. The summed E-state index contributed by atoms with van der Waals surface area (Å²) < 4.78 is 37.4. The van der Waals surface area contributed by atoms with E-state index in [-0.39, 0.29) is 12.4 Å². The van der Waals surface area contributed by atoms with Crippen molar-refractivity contribution in [3.8, 4) is 0 Å². The van der Waals surface area contributed by atoms with Crippen LogP contribution < -0.4 is 16.4 Å². The van der Waals surface area contributed by atoms with Crippen LogP contribution in [-0.2, 0) is 26.6 Å². The third-order valence-corrected chi connectivity index (χ3v) is 5.20. The number of amidine groups is 1. The minimum atomic E-state index is -4.93. The van der Waals surface area contributed by atoms with Gasteiger partial charge in [0.1, 0.15) is 12.1 Å². The van der Waals surface area contributed by atoms with Gasteiger partial charge in [0.25, 0.3) is 0 Å². The number of aryl methyl sites for hydroxylation is 1. The Morgan fingerprint density at radius 2 is 2.19 bits per heavy atom. The van der Waals surface area contributed by atoms with Crippen LogP contribution in [0.2, 0.25) is 0 Å². The highest BCUT2D eigenvalue weighted by molar-refractivity contribution is 7.80. The number of nitrogens with two attached hydrogens (primary N) is 1. The molecule has 2 atom stereocenters. The standard InChI is InChI=1S/C15H24N8O7S/c1-17-13(20-29-14(24)18-6-4-3-5-16)12-11-9(7-19-21(11)2)10-8-22(12)15(25)23(10)30-31(26,27)28/h7,10,12H,3-6,8,16H2,1-2H3,(H,17,20)(H,18,24)(H,26,27,28). The summed E-state index contributed by atoms with van der Waals surface area (Å²) in [6.07, 6.45) is 2.11. The van der Waals surface area contributed by atoms with Crippen molar-refractivity contribution >= 4 is 28.4 Å². The van der Waals surface area contributed by atoms with Crippen LogP contribution in [-0.4, -0.2) is 77.4 Å². The van der Waals surface area contributed by atoms with E-state index in [4.69, 9.17) is 15.1 Å². The van der Waals surface area contributed by atoms with Crippen LogP contribution in [0.5, 0.6) is 0 Å². The van der Waals surface area contributed by atoms with Gasteiger partial charge in [-0.3, -0.25) is 14.1 Å². The molecule has 3 heterocycles. The Morgan fingerprint density at radius 1 is 1.45 bits per heavy atom. The van der Waals surface area contributed by atoms with Crippen LogP contribution in [0.3, 0.4) is 0 Å². The lowest BCUT2D eigenvalue weighted by molar-refractivity contribution is -0.0316. The molecule has 2 unspecified atom stereocenters. The number of rotatable bonds is 8. The monoisotopic (exact) mass is 460 g/mol. The van der Waals surface area contributed by atoms with Crippen molar-refractivity contribution in [2.24, 2.45) is 17.9 Å². The first-order chi connectivity index (χ1) is 14.7. The summed E-state index contributed by atoms with van der Waals surface area (Å²) in [5.74, 6) is 0.0995. The third-order valence-electron chi connectivity index (χ3n) is 4.85. The number of likely N-dealkylation sites (N-methyl/N-ethyl adjacent to an activating group) is 1. The summed E-state index contributed by atoms with van der Waals surface area (Å²) in [4.78, 5) is 30.9. The number of nitrogens with zero attached hydrogens (tertiary/aromatic N) is 5. The molecule has 3 amide bonds. The average Bonchev–Trinajstić information content (AvgIpc) is 3.21. The van der Waals surface area contributed by atoms with Gasteiger partial charge in [0, 0.05) is 26.2 Å². The van der Waals surface area contributed by atoms with Crippen molar-refractivity contribution in [3.05, 3.63) is 17.5 Å². The van der Waals surface area contributed by atoms with Crippen LogP contribution in [0.1, 0.15) is 36.2 Å². The Balaban J connectivity index is 1.86. The average molecular weight is 460 g/mol. The number of hydrogen-bond acceptors (Lipinski definition) is 9. The molecule has 1 aromatic rings. The zero-order chi connectivity index (χ0) is 22.8. The number of urea groups is 1. The summed E-state index contributed by atoms with van der Waals surface area (Å²) >= 11 is 0. The molecule has 172 valence electrons. The third kappa shape index (κ3) is 4.71. The molecule has 5 N–H and O–H groups in total. The predicted octanol–water partition coefficient (Wildman–Crippen LogP) is -1.01. The summed E-state index contributed by atoms with van der Waals surface area (Å²) in [6, 6.07) is -2.52. The Bertz CT molecular complexity index is 978. The molecule has 3 rings (SSSR count). The highest BCUT2D eigenvalue weighted by Crippen LogP contribution is 2.44. The maximum atomic E-state index is 12.8. The second-order valence-corrected chi connectivity index (χ2v) is 7.82. The molecule has 2 bridgehead atoms. The summed E-state index contributed by atoms with van der Waals surface area (Å²) in [5, 5.41) is 13.9. The maximum Gasteiger partial charge on any atom is 0.433 e. The first kappa shape index (κ1) is 22.7. The molecule has 0 aliphatic carbocycles. The quantitative estimate of drug-likeness (QED) is 0.0932. The number of hydroxylamine groups is 2. The van der Waals surface area contributed by atoms with Gasteiger partial charge in [-0.2, -0.15) is 18.6 Å². The van der Waals surface area contributed by atoms with Crippen molar-refractivity contribution in [2.75, 3.05) is 26.7 Å². The topological polar surface area (TPSA) is 194 Å². The minimum absolute atomic E-state index is 0.0314. The molecule has 2 aliphatic rings. The van der Waals surface area contributed by atoms with E-state index in [0.717, 1.165) is 6.42 Å². The van der Waals surface area contributed by atoms with Crippen LogP contribution in [0, 0.1) is 0 Å². The Kier molecular flexibility index (Phi) is 6.63. The molecule has 0 aromatic carbocycles. The van der Waals surface area contributed by atoms with Crippen LogP contribution in [0.4, 0.5) is 9.59 Å². The van der Waals surface area contributed by atoms with E-state index in [0.29, 0.717) is 35.8 Å². The van der Waals surface area contributed by atoms with Gasteiger partial charge < -0.3 is 21.3 Å². The molecule has 1 saturated heterocycles. The zero-order valence-electron chi connectivity index (χ0n) is 16.9. The van der Waals surface area contributed by atoms with Gasteiger partial charge in [-0.25, -0.2) is 9.59 Å². The van der Waals surface area contributed by atoms with Gasteiger partial charge in [0.15, 0.2) is 5.84 Å². The van der Waals surface area contributed by atoms with E-state index in [2.05, 4.69) is 25.2 Å². The summed E-state index contributed by atoms with van der Waals surface area (Å²) in [7, 11) is -1.78. The molecule has 0 saturated carbocycles. The van der Waals surface area contributed by atoms with E-state index >= 15 is 0 Å². The molecule has 16 heteroatoms. The molecule has 1 aromatic heterocycles. The van der Waals surface area contributed by atoms with E-state index in [1.807, 2.05) is 0 Å². The molecule has 0 spiro atoms. The van der Waals surface area contributed by atoms with Crippen molar-refractivity contribution < 1.29 is 31.7 Å².